The van der Waals surface area contributed by atoms with Gasteiger partial charge in [-0.2, -0.15) is 0 Å². The van der Waals surface area contributed by atoms with Crippen molar-refractivity contribution in [1.82, 2.24) is 5.32 Å². The third-order valence-electron chi connectivity index (χ3n) is 3.04. The normalized spacial score (nSPS) is 12.3. The molecule has 3 nitrogen and oxygen atoms in total. The van der Waals surface area contributed by atoms with E-state index in [9.17, 15) is 4.79 Å². The molecule has 0 saturated carbocycles. The van der Waals surface area contributed by atoms with Crippen LogP contribution >= 0.6 is 0 Å². The van der Waals surface area contributed by atoms with Crippen LogP contribution in [-0.4, -0.2) is 19.1 Å². The fourth-order valence-corrected chi connectivity index (χ4v) is 2.15. The van der Waals surface area contributed by atoms with Crippen molar-refractivity contribution in [3.8, 4) is 0 Å². The second-order valence-corrected chi connectivity index (χ2v) is 4.35. The van der Waals surface area contributed by atoms with Gasteiger partial charge in [0, 0.05) is 0 Å². The van der Waals surface area contributed by atoms with Crippen molar-refractivity contribution in [2.75, 3.05) is 13.2 Å². The van der Waals surface area contributed by atoms with E-state index < -0.39 is 6.04 Å². The molecule has 2 aromatic rings. The lowest BCUT2D eigenvalue weighted by atomic mass is 10.0. The van der Waals surface area contributed by atoms with Crippen molar-refractivity contribution in [2.45, 2.75) is 19.9 Å². The minimum absolute atomic E-state index is 0.223. The van der Waals surface area contributed by atoms with Gasteiger partial charge in [-0.05, 0) is 35.9 Å². The van der Waals surface area contributed by atoms with Crippen molar-refractivity contribution < 1.29 is 9.53 Å². The molecule has 0 aliphatic heterocycles. The van der Waals surface area contributed by atoms with Crippen LogP contribution in [-0.2, 0) is 9.53 Å². The molecule has 0 bridgehead atoms. The van der Waals surface area contributed by atoms with E-state index in [1.807, 2.05) is 50.2 Å². The number of ether oxygens (including phenoxy) is 1. The number of fused-ring (bicyclic) bond motifs is 1. The fourth-order valence-electron chi connectivity index (χ4n) is 2.15. The average molecular weight is 257 g/mol. The number of carbonyl (C=O) groups excluding carboxylic acids is 1. The standard InChI is InChI=1S/C16H19NO2/c1-3-17-15(16(18)19-4-2)14-10-9-12-7-5-6-8-13(12)11-14/h5-11,15,17H,3-4H2,1-2H3. The summed E-state index contributed by atoms with van der Waals surface area (Å²) in [4.78, 5) is 12.0. The van der Waals surface area contributed by atoms with Gasteiger partial charge in [-0.15, -0.1) is 0 Å². The Balaban J connectivity index is 2.35. The van der Waals surface area contributed by atoms with E-state index in [0.717, 1.165) is 17.5 Å². The van der Waals surface area contributed by atoms with Crippen LogP contribution in [0.15, 0.2) is 42.5 Å². The minimum Gasteiger partial charge on any atom is -0.465 e. The third-order valence-corrected chi connectivity index (χ3v) is 3.04. The lowest BCUT2D eigenvalue weighted by Crippen LogP contribution is -2.30. The number of hydrogen-bond acceptors (Lipinski definition) is 3. The molecule has 2 aromatic carbocycles. The van der Waals surface area contributed by atoms with E-state index in [1.165, 1.54) is 5.39 Å². The predicted molar refractivity (Wildman–Crippen MR) is 77.0 cm³/mol. The summed E-state index contributed by atoms with van der Waals surface area (Å²) < 4.78 is 5.12. The molecular weight excluding hydrogens is 238 g/mol. The van der Waals surface area contributed by atoms with E-state index in [-0.39, 0.29) is 5.97 Å². The maximum Gasteiger partial charge on any atom is 0.327 e. The highest BCUT2D eigenvalue weighted by Crippen LogP contribution is 2.21. The first-order valence-electron chi connectivity index (χ1n) is 6.65. The van der Waals surface area contributed by atoms with Crippen LogP contribution in [0.25, 0.3) is 10.8 Å². The molecule has 1 atom stereocenters. The summed E-state index contributed by atoms with van der Waals surface area (Å²) in [6.45, 7) is 4.92. The Labute approximate surface area is 113 Å². The number of carbonyl (C=O) groups is 1. The van der Waals surface area contributed by atoms with Gasteiger partial charge in [0.25, 0.3) is 0 Å². The maximum absolute atomic E-state index is 12.0. The summed E-state index contributed by atoms with van der Waals surface area (Å²) in [5.74, 6) is -0.223. The molecule has 1 unspecified atom stereocenters. The minimum atomic E-state index is -0.394. The van der Waals surface area contributed by atoms with E-state index in [1.54, 1.807) is 0 Å². The molecule has 2 rings (SSSR count). The van der Waals surface area contributed by atoms with Crippen LogP contribution in [0.3, 0.4) is 0 Å². The first-order chi connectivity index (χ1) is 9.26. The van der Waals surface area contributed by atoms with Crippen LogP contribution in [0.5, 0.6) is 0 Å². The van der Waals surface area contributed by atoms with E-state index >= 15 is 0 Å². The molecule has 0 amide bonds. The van der Waals surface area contributed by atoms with Gasteiger partial charge >= 0.3 is 5.97 Å². The van der Waals surface area contributed by atoms with Gasteiger partial charge in [-0.3, -0.25) is 0 Å². The highest BCUT2D eigenvalue weighted by Gasteiger charge is 2.20. The van der Waals surface area contributed by atoms with Crippen LogP contribution < -0.4 is 5.32 Å². The second-order valence-electron chi connectivity index (χ2n) is 4.35. The van der Waals surface area contributed by atoms with Crippen LogP contribution in [0.1, 0.15) is 25.5 Å². The zero-order valence-electron chi connectivity index (χ0n) is 11.3. The second kappa shape index (κ2) is 6.34. The lowest BCUT2D eigenvalue weighted by molar-refractivity contribution is -0.145. The van der Waals surface area contributed by atoms with Crippen LogP contribution in [0.4, 0.5) is 0 Å². The van der Waals surface area contributed by atoms with Crippen molar-refractivity contribution in [3.63, 3.8) is 0 Å². The van der Waals surface area contributed by atoms with Gasteiger partial charge in [0.15, 0.2) is 0 Å². The molecule has 0 aliphatic carbocycles. The lowest BCUT2D eigenvalue weighted by Gasteiger charge is -2.17. The van der Waals surface area contributed by atoms with Crippen molar-refractivity contribution >= 4 is 16.7 Å². The molecule has 3 heteroatoms. The molecule has 0 aromatic heterocycles. The fraction of sp³-hybridized carbons (Fsp3) is 0.312. The maximum atomic E-state index is 12.0. The Hall–Kier alpha value is -1.87. The number of nitrogens with one attached hydrogen (secondary N) is 1. The molecule has 19 heavy (non-hydrogen) atoms. The van der Waals surface area contributed by atoms with E-state index in [4.69, 9.17) is 4.74 Å². The quantitative estimate of drug-likeness (QED) is 0.837. The highest BCUT2D eigenvalue weighted by atomic mass is 16.5. The first kappa shape index (κ1) is 13.6. The van der Waals surface area contributed by atoms with Crippen molar-refractivity contribution in [1.29, 1.82) is 0 Å². The number of benzene rings is 2. The summed E-state index contributed by atoms with van der Waals surface area (Å²) in [7, 11) is 0. The number of rotatable bonds is 5. The van der Waals surface area contributed by atoms with Crippen molar-refractivity contribution in [2.24, 2.45) is 0 Å². The molecule has 100 valence electrons. The van der Waals surface area contributed by atoms with Crippen LogP contribution in [0, 0.1) is 0 Å². The first-order valence-corrected chi connectivity index (χ1v) is 6.65. The smallest absolute Gasteiger partial charge is 0.327 e. The molecule has 0 aliphatic rings. The number of esters is 1. The van der Waals surface area contributed by atoms with Crippen molar-refractivity contribution in [3.05, 3.63) is 48.0 Å². The van der Waals surface area contributed by atoms with Crippen LogP contribution in [0.2, 0.25) is 0 Å². The highest BCUT2D eigenvalue weighted by molar-refractivity contribution is 5.85. The summed E-state index contributed by atoms with van der Waals surface area (Å²) >= 11 is 0. The van der Waals surface area contributed by atoms with E-state index in [2.05, 4.69) is 11.4 Å². The topological polar surface area (TPSA) is 38.3 Å². The molecule has 0 fully saturated rings. The largest absolute Gasteiger partial charge is 0.465 e. The zero-order chi connectivity index (χ0) is 13.7. The number of likely N-dealkylation sites (N-methyl/N-ethyl adjacent to an activating group) is 1. The summed E-state index contributed by atoms with van der Waals surface area (Å²) in [6, 6.07) is 13.8. The van der Waals surface area contributed by atoms with E-state index in [0.29, 0.717) is 6.61 Å². The Morgan fingerprint density at radius 3 is 2.58 bits per heavy atom. The third kappa shape index (κ3) is 3.12. The Morgan fingerprint density at radius 2 is 1.89 bits per heavy atom. The zero-order valence-corrected chi connectivity index (χ0v) is 11.3. The summed E-state index contributed by atoms with van der Waals surface area (Å²) in [6.07, 6.45) is 0. The average Bonchev–Trinajstić information content (AvgIpc) is 2.44. The SMILES string of the molecule is CCNC(C(=O)OCC)c1ccc2ccccc2c1. The van der Waals surface area contributed by atoms with Gasteiger partial charge in [-0.1, -0.05) is 43.3 Å². The summed E-state index contributed by atoms with van der Waals surface area (Å²) in [5, 5.41) is 5.48. The molecule has 1 N–H and O–H groups in total. The molecule has 0 spiro atoms. The Bertz CT molecular complexity index is 565. The summed E-state index contributed by atoms with van der Waals surface area (Å²) in [5.41, 5.74) is 0.944. The van der Waals surface area contributed by atoms with Gasteiger partial charge in [-0.25, -0.2) is 4.79 Å². The Morgan fingerprint density at radius 1 is 1.16 bits per heavy atom. The Kier molecular flexibility index (Phi) is 4.53. The molecule has 0 heterocycles. The van der Waals surface area contributed by atoms with Gasteiger partial charge < -0.3 is 10.1 Å². The number of hydrogen-bond donors (Lipinski definition) is 1. The monoisotopic (exact) mass is 257 g/mol. The predicted octanol–water partition coefficient (Wildman–Crippen LogP) is 3.05. The van der Waals surface area contributed by atoms with Gasteiger partial charge in [0.05, 0.1) is 6.61 Å². The molecule has 0 saturated heterocycles. The molecular formula is C16H19NO2. The van der Waals surface area contributed by atoms with Gasteiger partial charge in [0.1, 0.15) is 6.04 Å². The van der Waals surface area contributed by atoms with Gasteiger partial charge in [0.2, 0.25) is 0 Å². The molecule has 0 radical (unpaired) electrons.